The van der Waals surface area contributed by atoms with Crippen LogP contribution in [-0.4, -0.2) is 34.8 Å². The van der Waals surface area contributed by atoms with Crippen LogP contribution in [0.3, 0.4) is 0 Å². The standard InChI is InChI=1S/C8H14O2S2Se/c9-8(10)4-2-1-3-7-5-6-11-13-12-7/h7H,1-6H2,(H,9,10). The fraction of sp³-hybridized carbons (Fsp3) is 0.875. The molecule has 0 aromatic rings. The second-order valence-electron chi connectivity index (χ2n) is 3.04. The number of carboxylic acid groups (broad SMARTS) is 1. The van der Waals surface area contributed by atoms with E-state index in [1.54, 1.807) is 0 Å². The minimum atomic E-state index is -0.656. The van der Waals surface area contributed by atoms with E-state index in [4.69, 9.17) is 5.11 Å². The molecule has 0 bridgehead atoms. The predicted molar refractivity (Wildman–Crippen MR) is 60.3 cm³/mol. The van der Waals surface area contributed by atoms with Gasteiger partial charge in [-0.25, -0.2) is 0 Å². The first-order chi connectivity index (χ1) is 6.29. The number of hydrogen-bond donors (Lipinski definition) is 1. The van der Waals surface area contributed by atoms with E-state index in [9.17, 15) is 4.79 Å². The van der Waals surface area contributed by atoms with Gasteiger partial charge in [-0.15, -0.1) is 0 Å². The third-order valence-corrected chi connectivity index (χ3v) is 9.82. The Hall–Kier alpha value is 0.689. The maximum atomic E-state index is 10.2. The molecule has 0 aromatic carbocycles. The van der Waals surface area contributed by atoms with Crippen LogP contribution in [0, 0.1) is 0 Å². The van der Waals surface area contributed by atoms with Gasteiger partial charge in [0.15, 0.2) is 0 Å². The van der Waals surface area contributed by atoms with Gasteiger partial charge in [0.1, 0.15) is 0 Å². The van der Waals surface area contributed by atoms with Crippen molar-refractivity contribution in [3.8, 4) is 0 Å². The van der Waals surface area contributed by atoms with Crippen molar-refractivity contribution in [2.24, 2.45) is 0 Å². The number of unbranched alkanes of at least 4 members (excludes halogenated alkanes) is 1. The summed E-state index contributed by atoms with van der Waals surface area (Å²) in [6.45, 7) is 0. The summed E-state index contributed by atoms with van der Waals surface area (Å²) in [5.74, 6) is 0.660. The van der Waals surface area contributed by atoms with Crippen molar-refractivity contribution in [1.82, 2.24) is 0 Å². The van der Waals surface area contributed by atoms with Crippen LogP contribution in [0.1, 0.15) is 32.1 Å². The molecular formula is C8H14O2S2Se. The monoisotopic (exact) mass is 286 g/mol. The Balaban J connectivity index is 1.95. The first-order valence-corrected chi connectivity index (χ1v) is 10.4. The molecule has 1 rings (SSSR count). The molecule has 0 radical (unpaired) electrons. The zero-order valence-corrected chi connectivity index (χ0v) is 10.7. The molecule has 1 atom stereocenters. The van der Waals surface area contributed by atoms with Gasteiger partial charge in [0.2, 0.25) is 0 Å². The molecule has 76 valence electrons. The summed E-state index contributed by atoms with van der Waals surface area (Å²) in [7, 11) is 4.17. The topological polar surface area (TPSA) is 37.3 Å². The van der Waals surface area contributed by atoms with Crippen molar-refractivity contribution in [3.63, 3.8) is 0 Å². The van der Waals surface area contributed by atoms with Crippen LogP contribution in [0.4, 0.5) is 0 Å². The molecule has 0 aromatic heterocycles. The Bertz CT molecular complexity index is 160. The molecule has 5 heteroatoms. The Morgan fingerprint density at radius 2 is 2.38 bits per heavy atom. The molecule has 1 heterocycles. The van der Waals surface area contributed by atoms with E-state index >= 15 is 0 Å². The van der Waals surface area contributed by atoms with Gasteiger partial charge in [0.05, 0.1) is 0 Å². The van der Waals surface area contributed by atoms with Crippen molar-refractivity contribution in [1.29, 1.82) is 0 Å². The van der Waals surface area contributed by atoms with E-state index in [2.05, 4.69) is 20.4 Å². The van der Waals surface area contributed by atoms with Crippen LogP contribution in [0.2, 0.25) is 0 Å². The average Bonchev–Trinajstić information content (AvgIpc) is 2.14. The predicted octanol–water partition coefficient (Wildman–Crippen LogP) is 2.40. The molecular weight excluding hydrogens is 271 g/mol. The van der Waals surface area contributed by atoms with Crippen molar-refractivity contribution < 1.29 is 9.90 Å². The van der Waals surface area contributed by atoms with Gasteiger partial charge in [-0.2, -0.15) is 0 Å². The minimum absolute atomic E-state index is 0.345. The zero-order valence-electron chi connectivity index (χ0n) is 7.40. The fourth-order valence-electron chi connectivity index (χ4n) is 1.19. The Morgan fingerprint density at radius 1 is 1.54 bits per heavy atom. The summed E-state index contributed by atoms with van der Waals surface area (Å²) in [6.07, 6.45) is 4.83. The third kappa shape index (κ3) is 5.89. The fourth-order valence-corrected chi connectivity index (χ4v) is 9.38. The Labute approximate surface area is 91.9 Å². The molecule has 0 aliphatic carbocycles. The van der Waals surface area contributed by atoms with E-state index in [0.717, 1.165) is 30.8 Å². The van der Waals surface area contributed by atoms with E-state index in [1.807, 2.05) is 0 Å². The first kappa shape index (κ1) is 11.8. The number of carboxylic acids is 1. The Morgan fingerprint density at radius 3 is 3.00 bits per heavy atom. The molecule has 1 N–H and O–H groups in total. The summed E-state index contributed by atoms with van der Waals surface area (Å²) < 4.78 is 0. The molecule has 1 aliphatic rings. The van der Waals surface area contributed by atoms with Crippen LogP contribution in [-0.2, 0) is 4.79 Å². The second kappa shape index (κ2) is 7.04. The molecule has 2 nitrogen and oxygen atoms in total. The van der Waals surface area contributed by atoms with Crippen LogP contribution in [0.25, 0.3) is 0 Å². The van der Waals surface area contributed by atoms with Crippen LogP contribution in [0.5, 0.6) is 0 Å². The van der Waals surface area contributed by atoms with Gasteiger partial charge < -0.3 is 0 Å². The Kier molecular flexibility index (Phi) is 6.37. The summed E-state index contributed by atoms with van der Waals surface area (Å²) in [6, 6.07) is 0. The summed E-state index contributed by atoms with van der Waals surface area (Å²) in [4.78, 5) is 10.2. The molecule has 0 saturated carbocycles. The normalized spacial score (nSPS) is 22.9. The van der Waals surface area contributed by atoms with Crippen molar-refractivity contribution in [2.45, 2.75) is 37.4 Å². The summed E-state index contributed by atoms with van der Waals surface area (Å²) in [5, 5.41) is 9.27. The number of hydrogen-bond acceptors (Lipinski definition) is 3. The van der Waals surface area contributed by atoms with Gasteiger partial charge in [-0.3, -0.25) is 0 Å². The van der Waals surface area contributed by atoms with E-state index in [-0.39, 0.29) is 0 Å². The molecule has 1 saturated heterocycles. The molecule has 1 fully saturated rings. The second-order valence-corrected chi connectivity index (χ2v) is 10.3. The van der Waals surface area contributed by atoms with Crippen molar-refractivity contribution in [2.75, 3.05) is 5.75 Å². The number of carbonyl (C=O) groups is 1. The van der Waals surface area contributed by atoms with Crippen LogP contribution >= 0.6 is 20.4 Å². The van der Waals surface area contributed by atoms with Gasteiger partial charge in [-0.05, 0) is 0 Å². The number of aliphatic carboxylic acids is 1. The van der Waals surface area contributed by atoms with E-state index in [1.165, 1.54) is 18.6 Å². The van der Waals surface area contributed by atoms with Crippen LogP contribution < -0.4 is 0 Å². The SMILES string of the molecule is O=C(O)CCCCC1CCS[Se]S1. The van der Waals surface area contributed by atoms with Gasteiger partial charge >= 0.3 is 92.1 Å². The van der Waals surface area contributed by atoms with Crippen molar-refractivity contribution in [3.05, 3.63) is 0 Å². The molecule has 13 heavy (non-hydrogen) atoms. The molecule has 1 aliphatic heterocycles. The summed E-state index contributed by atoms with van der Waals surface area (Å²) in [5.41, 5.74) is 0. The van der Waals surface area contributed by atoms with E-state index < -0.39 is 5.97 Å². The van der Waals surface area contributed by atoms with Gasteiger partial charge in [0.25, 0.3) is 0 Å². The van der Waals surface area contributed by atoms with Gasteiger partial charge in [0, 0.05) is 0 Å². The first-order valence-electron chi connectivity index (χ1n) is 4.46. The van der Waals surface area contributed by atoms with Crippen molar-refractivity contribution >= 4 is 39.0 Å². The molecule has 0 spiro atoms. The molecule has 0 amide bonds. The van der Waals surface area contributed by atoms with E-state index in [0.29, 0.717) is 6.42 Å². The van der Waals surface area contributed by atoms with Gasteiger partial charge in [-0.1, -0.05) is 0 Å². The third-order valence-electron chi connectivity index (χ3n) is 1.91. The maximum absolute atomic E-state index is 10.2. The molecule has 1 unspecified atom stereocenters. The average molecular weight is 285 g/mol. The number of rotatable bonds is 5. The zero-order chi connectivity index (χ0) is 9.52. The van der Waals surface area contributed by atoms with Crippen LogP contribution in [0.15, 0.2) is 0 Å². The quantitative estimate of drug-likeness (QED) is 0.622. The summed E-state index contributed by atoms with van der Waals surface area (Å²) >= 11 is 0.732.